The van der Waals surface area contributed by atoms with Crippen LogP contribution in [0.5, 0.6) is 0 Å². The maximum absolute atomic E-state index is 12.2. The smallest absolute Gasteiger partial charge is 0.228 e. The molecule has 2 aliphatic heterocycles. The lowest BCUT2D eigenvalue weighted by Crippen LogP contribution is -2.51. The Kier molecular flexibility index (Phi) is 5.25. The normalized spacial score (nSPS) is 27.1. The fraction of sp³-hybridized carbons (Fsp3) is 0.917. The average Bonchev–Trinajstić information content (AvgIpc) is 2.40. The van der Waals surface area contributed by atoms with Gasteiger partial charge in [0.2, 0.25) is 5.91 Å². The second kappa shape index (κ2) is 6.71. The Morgan fingerprint density at radius 1 is 1.29 bits per heavy atom. The first kappa shape index (κ1) is 13.3. The van der Waals surface area contributed by atoms with Crippen LogP contribution in [0.3, 0.4) is 0 Å². The highest BCUT2D eigenvalue weighted by atomic mass is 79.9. The Balaban J connectivity index is 1.77. The summed E-state index contributed by atoms with van der Waals surface area (Å²) in [5.41, 5.74) is 0. The summed E-state index contributed by atoms with van der Waals surface area (Å²) in [6.45, 7) is 6.29. The summed E-state index contributed by atoms with van der Waals surface area (Å²) in [5, 5.41) is 1.01. The molecule has 0 spiro atoms. The summed E-state index contributed by atoms with van der Waals surface area (Å²) >= 11 is 3.45. The minimum atomic E-state index is 0.117. The van der Waals surface area contributed by atoms with Gasteiger partial charge in [-0.25, -0.2) is 0 Å². The quantitative estimate of drug-likeness (QED) is 0.728. The van der Waals surface area contributed by atoms with Gasteiger partial charge in [-0.15, -0.1) is 0 Å². The van der Waals surface area contributed by atoms with E-state index in [1.807, 2.05) is 4.90 Å². The van der Waals surface area contributed by atoms with Crippen LogP contribution in [0.2, 0.25) is 0 Å². The highest BCUT2D eigenvalue weighted by Gasteiger charge is 2.28. The monoisotopic (exact) mass is 304 g/mol. The molecule has 2 rings (SSSR count). The molecule has 2 fully saturated rings. The van der Waals surface area contributed by atoms with Gasteiger partial charge in [-0.3, -0.25) is 9.69 Å². The Bertz CT molecular complexity index is 249. The summed E-state index contributed by atoms with van der Waals surface area (Å²) in [4.78, 5) is 16.7. The van der Waals surface area contributed by atoms with Gasteiger partial charge < -0.3 is 9.64 Å². The molecule has 1 amide bonds. The Labute approximate surface area is 111 Å². The first-order valence-electron chi connectivity index (χ1n) is 6.46. The van der Waals surface area contributed by atoms with Crippen molar-refractivity contribution in [1.82, 2.24) is 9.80 Å². The van der Waals surface area contributed by atoms with Crippen LogP contribution in [-0.4, -0.2) is 67.0 Å². The van der Waals surface area contributed by atoms with Crippen molar-refractivity contribution < 1.29 is 9.53 Å². The first-order valence-corrected chi connectivity index (χ1v) is 7.58. The highest BCUT2D eigenvalue weighted by Crippen LogP contribution is 2.17. The van der Waals surface area contributed by atoms with Gasteiger partial charge in [-0.2, -0.15) is 0 Å². The number of halogens is 1. The van der Waals surface area contributed by atoms with E-state index in [0.717, 1.165) is 57.5 Å². The van der Waals surface area contributed by atoms with Crippen molar-refractivity contribution in [3.05, 3.63) is 0 Å². The maximum Gasteiger partial charge on any atom is 0.228 e. The molecular formula is C12H21BrN2O2. The van der Waals surface area contributed by atoms with E-state index >= 15 is 0 Å². The standard InChI is InChI=1S/C12H21BrN2O2/c13-3-4-14-5-7-15(8-6-14)12(16)11-2-1-9-17-10-11/h11H,1-10H2. The van der Waals surface area contributed by atoms with Gasteiger partial charge in [-0.05, 0) is 12.8 Å². The molecule has 98 valence electrons. The SMILES string of the molecule is O=C(C1CCCOC1)N1CCN(CCBr)CC1. The van der Waals surface area contributed by atoms with Gasteiger partial charge in [0.25, 0.3) is 0 Å². The molecule has 2 saturated heterocycles. The molecule has 0 bridgehead atoms. The van der Waals surface area contributed by atoms with Crippen molar-refractivity contribution in [1.29, 1.82) is 0 Å². The van der Waals surface area contributed by atoms with Gasteiger partial charge in [0.15, 0.2) is 0 Å². The molecule has 0 N–H and O–H groups in total. The predicted octanol–water partition coefficient (Wildman–Crippen LogP) is 0.952. The molecule has 0 aromatic carbocycles. The van der Waals surface area contributed by atoms with E-state index in [9.17, 15) is 4.79 Å². The van der Waals surface area contributed by atoms with Crippen molar-refractivity contribution in [2.45, 2.75) is 12.8 Å². The second-order valence-corrected chi connectivity index (χ2v) is 5.56. The van der Waals surface area contributed by atoms with Gasteiger partial charge in [0.1, 0.15) is 0 Å². The number of rotatable bonds is 3. The molecule has 4 nitrogen and oxygen atoms in total. The van der Waals surface area contributed by atoms with Crippen LogP contribution >= 0.6 is 15.9 Å². The summed E-state index contributed by atoms with van der Waals surface area (Å²) in [6.07, 6.45) is 2.03. The summed E-state index contributed by atoms with van der Waals surface area (Å²) < 4.78 is 5.39. The molecule has 2 aliphatic rings. The number of nitrogens with zero attached hydrogens (tertiary/aromatic N) is 2. The third kappa shape index (κ3) is 3.66. The van der Waals surface area contributed by atoms with E-state index in [1.54, 1.807) is 0 Å². The lowest BCUT2D eigenvalue weighted by Gasteiger charge is -2.36. The largest absolute Gasteiger partial charge is 0.381 e. The minimum Gasteiger partial charge on any atom is -0.381 e. The van der Waals surface area contributed by atoms with Crippen LogP contribution in [0.25, 0.3) is 0 Å². The van der Waals surface area contributed by atoms with Crippen molar-refractivity contribution >= 4 is 21.8 Å². The number of alkyl halides is 1. The summed E-state index contributed by atoms with van der Waals surface area (Å²) in [6, 6.07) is 0. The van der Waals surface area contributed by atoms with E-state index in [1.165, 1.54) is 0 Å². The van der Waals surface area contributed by atoms with Crippen molar-refractivity contribution in [3.63, 3.8) is 0 Å². The molecule has 0 aromatic heterocycles. The van der Waals surface area contributed by atoms with Gasteiger partial charge in [-0.1, -0.05) is 15.9 Å². The Morgan fingerprint density at radius 3 is 2.65 bits per heavy atom. The number of hydrogen-bond donors (Lipinski definition) is 0. The van der Waals surface area contributed by atoms with Crippen LogP contribution in [0, 0.1) is 5.92 Å². The highest BCUT2D eigenvalue weighted by molar-refractivity contribution is 9.09. The number of carbonyl (C=O) groups is 1. The van der Waals surface area contributed by atoms with Gasteiger partial charge in [0.05, 0.1) is 12.5 Å². The zero-order valence-electron chi connectivity index (χ0n) is 10.2. The number of ether oxygens (including phenoxy) is 1. The van der Waals surface area contributed by atoms with E-state index in [-0.39, 0.29) is 5.92 Å². The third-order valence-corrected chi connectivity index (χ3v) is 3.95. The zero-order chi connectivity index (χ0) is 12.1. The fourth-order valence-corrected chi connectivity index (χ4v) is 3.01. The molecule has 0 saturated carbocycles. The van der Waals surface area contributed by atoms with E-state index < -0.39 is 0 Å². The molecule has 1 unspecified atom stereocenters. The number of piperazine rings is 1. The molecule has 17 heavy (non-hydrogen) atoms. The van der Waals surface area contributed by atoms with Crippen molar-refractivity contribution in [2.24, 2.45) is 5.92 Å². The first-order chi connectivity index (χ1) is 8.31. The number of carbonyl (C=O) groups excluding carboxylic acids is 1. The molecule has 2 heterocycles. The van der Waals surface area contributed by atoms with Gasteiger partial charge in [0, 0.05) is 44.7 Å². The van der Waals surface area contributed by atoms with Crippen LogP contribution in [0.4, 0.5) is 0 Å². The third-order valence-electron chi connectivity index (χ3n) is 3.59. The zero-order valence-corrected chi connectivity index (χ0v) is 11.8. The molecule has 1 atom stereocenters. The predicted molar refractivity (Wildman–Crippen MR) is 70.4 cm³/mol. The van der Waals surface area contributed by atoms with Gasteiger partial charge >= 0.3 is 0 Å². The fourth-order valence-electron chi connectivity index (χ4n) is 2.51. The van der Waals surface area contributed by atoms with E-state index in [2.05, 4.69) is 20.8 Å². The second-order valence-electron chi connectivity index (χ2n) is 4.77. The van der Waals surface area contributed by atoms with Crippen molar-refractivity contribution in [3.8, 4) is 0 Å². The molecule has 0 aliphatic carbocycles. The van der Waals surface area contributed by atoms with E-state index in [0.29, 0.717) is 12.5 Å². The number of amides is 1. The molecule has 0 aromatic rings. The Morgan fingerprint density at radius 2 is 2.06 bits per heavy atom. The molecule has 0 radical (unpaired) electrons. The summed E-state index contributed by atoms with van der Waals surface area (Å²) in [7, 11) is 0. The van der Waals surface area contributed by atoms with E-state index in [4.69, 9.17) is 4.74 Å². The van der Waals surface area contributed by atoms with Crippen molar-refractivity contribution in [2.75, 3.05) is 51.3 Å². The molecular weight excluding hydrogens is 284 g/mol. The average molecular weight is 305 g/mol. The van der Waals surface area contributed by atoms with Crippen LogP contribution in [-0.2, 0) is 9.53 Å². The number of hydrogen-bond acceptors (Lipinski definition) is 3. The topological polar surface area (TPSA) is 32.8 Å². The summed E-state index contributed by atoms with van der Waals surface area (Å²) in [5.74, 6) is 0.426. The minimum absolute atomic E-state index is 0.117. The van der Waals surface area contributed by atoms with Crippen LogP contribution in [0.1, 0.15) is 12.8 Å². The lowest BCUT2D eigenvalue weighted by atomic mass is 10.0. The Hall–Kier alpha value is -0.130. The lowest BCUT2D eigenvalue weighted by molar-refractivity contribution is -0.141. The van der Waals surface area contributed by atoms with Crippen LogP contribution in [0.15, 0.2) is 0 Å². The van der Waals surface area contributed by atoms with Crippen LogP contribution < -0.4 is 0 Å². The maximum atomic E-state index is 12.2. The molecule has 5 heteroatoms.